The van der Waals surface area contributed by atoms with Crippen LogP contribution in [-0.2, 0) is 11.2 Å². The highest BCUT2D eigenvalue weighted by Gasteiger charge is 2.33. The topological polar surface area (TPSA) is 109 Å². The standard InChI is InChI=1S/C30H29NO6S/c1-36-26-16-20(8-11-22(26)32)9-12-24(34)29-25(35)18-28(21-10-13-23(33)27(17-21)37-2)38-30(29)31-15-14-19-6-4-3-5-7-19/h3-13,16-17,28,32-34H,14-15,18H2,1-2H3. The SMILES string of the molecule is COc1cc(C=CC(O)=C2C(=O)CC(c3ccc(O)c(OC)c3)SC2=NCCc2ccccc2)ccc1O. The number of carbonyl (C=O) groups is 1. The maximum absolute atomic E-state index is 13.4. The Labute approximate surface area is 225 Å². The lowest BCUT2D eigenvalue weighted by atomic mass is 10.00. The second-order valence-corrected chi connectivity index (χ2v) is 9.80. The Morgan fingerprint density at radius 3 is 2.39 bits per heavy atom. The van der Waals surface area contributed by atoms with Crippen molar-refractivity contribution in [3.8, 4) is 23.0 Å². The van der Waals surface area contributed by atoms with Crippen LogP contribution < -0.4 is 9.47 Å². The highest BCUT2D eigenvalue weighted by Crippen LogP contribution is 2.43. The first kappa shape index (κ1) is 26.9. The molecule has 0 aliphatic carbocycles. The van der Waals surface area contributed by atoms with Gasteiger partial charge in [-0.3, -0.25) is 9.79 Å². The molecule has 38 heavy (non-hydrogen) atoms. The Hall–Kier alpha value is -4.17. The second kappa shape index (κ2) is 12.4. The largest absolute Gasteiger partial charge is 0.507 e. The summed E-state index contributed by atoms with van der Waals surface area (Å²) in [5.41, 5.74) is 2.80. The van der Waals surface area contributed by atoms with Crippen molar-refractivity contribution in [1.29, 1.82) is 0 Å². The van der Waals surface area contributed by atoms with E-state index in [1.54, 1.807) is 36.4 Å². The molecule has 1 saturated heterocycles. The number of Topliss-reactive ketones (excluding diaryl/α,β-unsaturated/α-hetero) is 1. The number of ketones is 1. The lowest BCUT2D eigenvalue weighted by molar-refractivity contribution is -0.115. The fourth-order valence-electron chi connectivity index (χ4n) is 4.06. The van der Waals surface area contributed by atoms with E-state index in [0.29, 0.717) is 35.1 Å². The van der Waals surface area contributed by atoms with E-state index in [0.717, 1.165) is 11.1 Å². The zero-order valence-electron chi connectivity index (χ0n) is 21.1. The zero-order valence-corrected chi connectivity index (χ0v) is 21.9. The number of ether oxygens (including phenoxy) is 2. The number of methoxy groups -OCH3 is 2. The summed E-state index contributed by atoms with van der Waals surface area (Å²) in [5, 5.41) is 31.0. The summed E-state index contributed by atoms with van der Waals surface area (Å²) in [6, 6.07) is 19.8. The molecule has 1 aliphatic heterocycles. The molecule has 4 rings (SSSR count). The number of phenolic OH excluding ortho intramolecular Hbond substituents is 2. The van der Waals surface area contributed by atoms with E-state index in [9.17, 15) is 20.1 Å². The van der Waals surface area contributed by atoms with E-state index in [2.05, 4.69) is 0 Å². The van der Waals surface area contributed by atoms with Gasteiger partial charge in [-0.15, -0.1) is 0 Å². The number of aromatic hydroxyl groups is 2. The number of hydrogen-bond acceptors (Lipinski definition) is 8. The van der Waals surface area contributed by atoms with Crippen molar-refractivity contribution in [2.45, 2.75) is 18.1 Å². The zero-order chi connectivity index (χ0) is 27.1. The second-order valence-electron chi connectivity index (χ2n) is 8.61. The predicted octanol–water partition coefficient (Wildman–Crippen LogP) is 6.03. The summed E-state index contributed by atoms with van der Waals surface area (Å²) < 4.78 is 10.4. The highest BCUT2D eigenvalue weighted by atomic mass is 32.2. The van der Waals surface area contributed by atoms with Gasteiger partial charge in [0.25, 0.3) is 0 Å². The van der Waals surface area contributed by atoms with E-state index in [4.69, 9.17) is 14.5 Å². The van der Waals surface area contributed by atoms with Gasteiger partial charge in [0.05, 0.1) is 19.8 Å². The summed E-state index contributed by atoms with van der Waals surface area (Å²) in [6.45, 7) is 0.445. The average molecular weight is 532 g/mol. The molecule has 8 heteroatoms. The van der Waals surface area contributed by atoms with Crippen LogP contribution in [0, 0.1) is 0 Å². The minimum Gasteiger partial charge on any atom is -0.507 e. The summed E-state index contributed by atoms with van der Waals surface area (Å²) in [4.78, 5) is 18.1. The molecule has 0 amide bonds. The molecule has 196 valence electrons. The third-order valence-corrected chi connectivity index (χ3v) is 7.37. The van der Waals surface area contributed by atoms with Crippen LogP contribution in [0.25, 0.3) is 6.08 Å². The summed E-state index contributed by atoms with van der Waals surface area (Å²) in [6.07, 6.45) is 3.93. The first-order valence-electron chi connectivity index (χ1n) is 12.0. The third-order valence-electron chi connectivity index (χ3n) is 6.09. The van der Waals surface area contributed by atoms with Gasteiger partial charge in [0, 0.05) is 18.2 Å². The van der Waals surface area contributed by atoms with Crippen molar-refractivity contribution >= 4 is 28.7 Å². The quantitative estimate of drug-likeness (QED) is 0.241. The Morgan fingerprint density at radius 1 is 1.00 bits per heavy atom. The number of benzene rings is 3. The van der Waals surface area contributed by atoms with E-state index in [-0.39, 0.29) is 40.3 Å². The number of aliphatic hydroxyl groups is 1. The minimum absolute atomic E-state index is 0.0100. The number of aliphatic hydroxyl groups excluding tert-OH is 1. The number of phenols is 2. The first-order valence-corrected chi connectivity index (χ1v) is 12.9. The number of carbonyl (C=O) groups excluding carboxylic acids is 1. The van der Waals surface area contributed by atoms with Crippen LogP contribution in [0.2, 0.25) is 0 Å². The molecule has 0 spiro atoms. The van der Waals surface area contributed by atoms with Crippen LogP contribution >= 0.6 is 11.8 Å². The number of hydrogen-bond donors (Lipinski definition) is 3. The number of nitrogens with zero attached hydrogens (tertiary/aromatic N) is 1. The molecule has 1 aliphatic rings. The molecule has 1 heterocycles. The van der Waals surface area contributed by atoms with Gasteiger partial charge >= 0.3 is 0 Å². The van der Waals surface area contributed by atoms with E-state index >= 15 is 0 Å². The molecule has 3 N–H and O–H groups in total. The number of allylic oxidation sites excluding steroid dienone is 1. The Balaban J connectivity index is 1.65. The molecule has 3 aromatic carbocycles. The molecule has 3 aromatic rings. The van der Waals surface area contributed by atoms with Gasteiger partial charge in [0.15, 0.2) is 28.8 Å². The lowest BCUT2D eigenvalue weighted by Crippen LogP contribution is -2.22. The van der Waals surface area contributed by atoms with Crippen LogP contribution in [0.3, 0.4) is 0 Å². The van der Waals surface area contributed by atoms with Crippen LogP contribution in [-0.4, -0.2) is 46.9 Å². The number of thioether (sulfide) groups is 1. The molecular weight excluding hydrogens is 502 g/mol. The van der Waals surface area contributed by atoms with Gasteiger partial charge in [0.1, 0.15) is 10.8 Å². The van der Waals surface area contributed by atoms with Crippen LogP contribution in [0.4, 0.5) is 0 Å². The van der Waals surface area contributed by atoms with E-state index in [1.165, 1.54) is 38.1 Å². The van der Waals surface area contributed by atoms with Crippen molar-refractivity contribution in [1.82, 2.24) is 0 Å². The molecule has 0 radical (unpaired) electrons. The maximum Gasteiger partial charge on any atom is 0.170 e. The fraction of sp³-hybridized carbons (Fsp3) is 0.200. The molecule has 0 bridgehead atoms. The van der Waals surface area contributed by atoms with Gasteiger partial charge < -0.3 is 24.8 Å². The van der Waals surface area contributed by atoms with E-state index in [1.807, 2.05) is 30.3 Å². The molecule has 7 nitrogen and oxygen atoms in total. The van der Waals surface area contributed by atoms with Crippen molar-refractivity contribution in [3.63, 3.8) is 0 Å². The average Bonchev–Trinajstić information content (AvgIpc) is 2.93. The maximum atomic E-state index is 13.4. The lowest BCUT2D eigenvalue weighted by Gasteiger charge is -2.25. The fourth-order valence-corrected chi connectivity index (χ4v) is 5.35. The van der Waals surface area contributed by atoms with Gasteiger partial charge in [-0.05, 0) is 53.5 Å². The number of aliphatic imine (C=N–C) groups is 1. The van der Waals surface area contributed by atoms with Gasteiger partial charge in [0.2, 0.25) is 0 Å². The van der Waals surface area contributed by atoms with Crippen LogP contribution in [0.15, 0.2) is 89.1 Å². The highest BCUT2D eigenvalue weighted by molar-refractivity contribution is 8.14. The van der Waals surface area contributed by atoms with Crippen molar-refractivity contribution in [2.75, 3.05) is 20.8 Å². The summed E-state index contributed by atoms with van der Waals surface area (Å²) in [5.74, 6) is 0.248. The van der Waals surface area contributed by atoms with Crippen molar-refractivity contribution in [3.05, 3.63) is 101 Å². The molecule has 0 aromatic heterocycles. The Morgan fingerprint density at radius 2 is 1.68 bits per heavy atom. The Kier molecular flexibility index (Phi) is 8.76. The normalized spacial score (nSPS) is 18.1. The molecule has 1 fully saturated rings. The molecule has 1 atom stereocenters. The van der Waals surface area contributed by atoms with Crippen LogP contribution in [0.1, 0.15) is 28.4 Å². The number of rotatable bonds is 8. The van der Waals surface area contributed by atoms with E-state index < -0.39 is 0 Å². The summed E-state index contributed by atoms with van der Waals surface area (Å²) in [7, 11) is 2.93. The van der Waals surface area contributed by atoms with Gasteiger partial charge in [-0.25, -0.2) is 0 Å². The summed E-state index contributed by atoms with van der Waals surface area (Å²) >= 11 is 1.40. The first-order chi connectivity index (χ1) is 18.4. The molecule has 1 unspecified atom stereocenters. The predicted molar refractivity (Wildman–Crippen MR) is 150 cm³/mol. The molecular formula is C30H29NO6S. The minimum atomic E-state index is -0.255. The van der Waals surface area contributed by atoms with Gasteiger partial charge in [-0.2, -0.15) is 0 Å². The Bertz CT molecular complexity index is 1400. The van der Waals surface area contributed by atoms with Crippen molar-refractivity contribution in [2.24, 2.45) is 4.99 Å². The molecule has 0 saturated carbocycles. The third kappa shape index (κ3) is 6.39. The van der Waals surface area contributed by atoms with Gasteiger partial charge in [-0.1, -0.05) is 60.3 Å². The van der Waals surface area contributed by atoms with Crippen molar-refractivity contribution < 1.29 is 29.6 Å². The monoisotopic (exact) mass is 531 g/mol. The van der Waals surface area contributed by atoms with Crippen LogP contribution in [0.5, 0.6) is 23.0 Å². The smallest absolute Gasteiger partial charge is 0.170 e.